The highest BCUT2D eigenvalue weighted by Crippen LogP contribution is 2.35. The van der Waals surface area contributed by atoms with Crippen LogP contribution in [-0.2, 0) is 26.9 Å². The third-order valence-corrected chi connectivity index (χ3v) is 4.64. The summed E-state index contributed by atoms with van der Waals surface area (Å²) in [6.07, 6.45) is -4.60. The largest absolute Gasteiger partial charge is 0.460 e. The Bertz CT molecular complexity index is 993. The number of carbonyl (C=O) groups excluding carboxylic acids is 2. The predicted molar refractivity (Wildman–Crippen MR) is 103 cm³/mol. The Balaban J connectivity index is 1.83. The van der Waals surface area contributed by atoms with Crippen LogP contribution in [0, 0.1) is 11.7 Å². The number of halogens is 4. The van der Waals surface area contributed by atoms with Crippen LogP contribution in [0.1, 0.15) is 38.3 Å². The van der Waals surface area contributed by atoms with E-state index in [0.29, 0.717) is 22.9 Å². The Hall–Kier alpha value is -2.90. The van der Waals surface area contributed by atoms with Crippen LogP contribution < -0.4 is 5.32 Å². The maximum atomic E-state index is 13.9. The third-order valence-electron chi connectivity index (χ3n) is 4.64. The van der Waals surface area contributed by atoms with Gasteiger partial charge in [0, 0.05) is 5.69 Å². The molecule has 1 N–H and O–H groups in total. The Kier molecular flexibility index (Phi) is 5.62. The number of carbonyl (C=O) groups is 2. The molecule has 1 unspecified atom stereocenters. The molecule has 2 aromatic carbocycles. The van der Waals surface area contributed by atoms with Crippen molar-refractivity contribution >= 4 is 17.6 Å². The van der Waals surface area contributed by atoms with Gasteiger partial charge in [-0.05, 0) is 68.1 Å². The number of nitrogens with one attached hydrogen (secondary N) is 1. The Morgan fingerprint density at radius 2 is 1.73 bits per heavy atom. The van der Waals surface area contributed by atoms with Gasteiger partial charge in [-0.25, -0.2) is 4.39 Å². The SMILES string of the molecule is CC(C)(C)OC(=O)CC1Cc2cc(-c3ccc(C(F)(F)F)c(F)c3)ccc2NC1=O. The van der Waals surface area contributed by atoms with Crippen molar-refractivity contribution in [2.45, 2.75) is 45.4 Å². The van der Waals surface area contributed by atoms with E-state index in [0.717, 1.165) is 6.07 Å². The summed E-state index contributed by atoms with van der Waals surface area (Å²) < 4.78 is 57.5. The maximum Gasteiger partial charge on any atom is 0.419 e. The first-order chi connectivity index (χ1) is 13.8. The van der Waals surface area contributed by atoms with Crippen molar-refractivity contribution in [1.29, 1.82) is 0 Å². The van der Waals surface area contributed by atoms with E-state index in [4.69, 9.17) is 4.74 Å². The molecule has 0 radical (unpaired) electrons. The average molecular weight is 423 g/mol. The van der Waals surface area contributed by atoms with Gasteiger partial charge in [-0.2, -0.15) is 13.2 Å². The van der Waals surface area contributed by atoms with Crippen molar-refractivity contribution < 1.29 is 31.9 Å². The molecule has 30 heavy (non-hydrogen) atoms. The third kappa shape index (κ3) is 4.98. The minimum Gasteiger partial charge on any atom is -0.460 e. The fraction of sp³-hybridized carbons (Fsp3) is 0.364. The lowest BCUT2D eigenvalue weighted by Crippen LogP contribution is -2.33. The van der Waals surface area contributed by atoms with Gasteiger partial charge in [-0.3, -0.25) is 9.59 Å². The van der Waals surface area contributed by atoms with Gasteiger partial charge in [0.2, 0.25) is 5.91 Å². The molecule has 0 aromatic heterocycles. The molecule has 0 saturated heterocycles. The number of hydrogen-bond acceptors (Lipinski definition) is 3. The highest BCUT2D eigenvalue weighted by Gasteiger charge is 2.34. The van der Waals surface area contributed by atoms with Crippen molar-refractivity contribution in [3.63, 3.8) is 0 Å². The number of rotatable bonds is 3. The summed E-state index contributed by atoms with van der Waals surface area (Å²) in [5, 5.41) is 2.73. The van der Waals surface area contributed by atoms with Crippen LogP contribution in [0.5, 0.6) is 0 Å². The van der Waals surface area contributed by atoms with Crippen molar-refractivity contribution in [2.75, 3.05) is 5.32 Å². The van der Waals surface area contributed by atoms with Crippen molar-refractivity contribution in [1.82, 2.24) is 0 Å². The molecule has 2 aromatic rings. The molecule has 0 fully saturated rings. The zero-order chi connectivity index (χ0) is 22.3. The van der Waals surface area contributed by atoms with Gasteiger partial charge in [0.05, 0.1) is 17.9 Å². The van der Waals surface area contributed by atoms with Crippen LogP contribution >= 0.6 is 0 Å². The molecule has 8 heteroatoms. The average Bonchev–Trinajstić information content (AvgIpc) is 2.59. The smallest absolute Gasteiger partial charge is 0.419 e. The molecule has 1 aliphatic heterocycles. The zero-order valence-electron chi connectivity index (χ0n) is 16.7. The molecule has 160 valence electrons. The maximum absolute atomic E-state index is 13.9. The molecule has 1 heterocycles. The number of benzene rings is 2. The summed E-state index contributed by atoms with van der Waals surface area (Å²) in [5.74, 6) is -2.78. The molecular formula is C22H21F4NO3. The normalized spacial score (nSPS) is 16.6. The summed E-state index contributed by atoms with van der Waals surface area (Å²) in [6.45, 7) is 5.20. The molecule has 1 aliphatic rings. The Labute approximate surface area is 171 Å². The van der Waals surface area contributed by atoms with Crippen LogP contribution in [0.2, 0.25) is 0 Å². The van der Waals surface area contributed by atoms with E-state index < -0.39 is 35.0 Å². The molecule has 3 rings (SSSR count). The van der Waals surface area contributed by atoms with E-state index in [9.17, 15) is 27.2 Å². The first-order valence-electron chi connectivity index (χ1n) is 9.36. The van der Waals surface area contributed by atoms with E-state index in [1.165, 1.54) is 6.07 Å². The van der Waals surface area contributed by atoms with Gasteiger partial charge >= 0.3 is 12.1 Å². The van der Waals surface area contributed by atoms with Gasteiger partial charge in [0.1, 0.15) is 11.4 Å². The zero-order valence-corrected chi connectivity index (χ0v) is 16.7. The number of alkyl halides is 3. The Morgan fingerprint density at radius 1 is 1.10 bits per heavy atom. The highest BCUT2D eigenvalue weighted by atomic mass is 19.4. The number of fused-ring (bicyclic) bond motifs is 1. The van der Waals surface area contributed by atoms with Crippen molar-refractivity contribution in [2.24, 2.45) is 5.92 Å². The van der Waals surface area contributed by atoms with E-state index in [1.807, 2.05) is 0 Å². The molecule has 0 saturated carbocycles. The van der Waals surface area contributed by atoms with E-state index >= 15 is 0 Å². The first-order valence-corrected chi connectivity index (χ1v) is 9.36. The molecule has 1 amide bonds. The van der Waals surface area contributed by atoms with Crippen molar-refractivity contribution in [3.8, 4) is 11.1 Å². The fourth-order valence-corrected chi connectivity index (χ4v) is 3.33. The first kappa shape index (κ1) is 21.8. The fourth-order valence-electron chi connectivity index (χ4n) is 3.33. The predicted octanol–water partition coefficient (Wildman–Crippen LogP) is 5.35. The van der Waals surface area contributed by atoms with Crippen LogP contribution in [0.4, 0.5) is 23.2 Å². The number of ether oxygens (including phenoxy) is 1. The highest BCUT2D eigenvalue weighted by molar-refractivity contribution is 5.98. The van der Waals surface area contributed by atoms with Crippen LogP contribution in [0.3, 0.4) is 0 Å². The lowest BCUT2D eigenvalue weighted by Gasteiger charge is -2.26. The number of anilines is 1. The monoisotopic (exact) mass is 423 g/mol. The quantitative estimate of drug-likeness (QED) is 0.535. The lowest BCUT2D eigenvalue weighted by molar-refractivity contribution is -0.157. The molecule has 0 aliphatic carbocycles. The summed E-state index contributed by atoms with van der Waals surface area (Å²) in [6, 6.07) is 7.63. The minimum atomic E-state index is -4.77. The summed E-state index contributed by atoms with van der Waals surface area (Å²) in [4.78, 5) is 24.4. The number of esters is 1. The molecule has 1 atom stereocenters. The second kappa shape index (κ2) is 7.74. The summed E-state index contributed by atoms with van der Waals surface area (Å²) in [5.41, 5.74) is 0.0591. The van der Waals surface area contributed by atoms with E-state index in [2.05, 4.69) is 5.32 Å². The van der Waals surface area contributed by atoms with Gasteiger partial charge < -0.3 is 10.1 Å². The van der Waals surface area contributed by atoms with E-state index in [1.54, 1.807) is 39.0 Å². The second-order valence-electron chi connectivity index (χ2n) is 8.25. The molecule has 0 spiro atoms. The number of amides is 1. The number of hydrogen-bond donors (Lipinski definition) is 1. The van der Waals surface area contributed by atoms with Crippen LogP contribution in [0.15, 0.2) is 36.4 Å². The van der Waals surface area contributed by atoms with Gasteiger partial charge in [0.25, 0.3) is 0 Å². The topological polar surface area (TPSA) is 55.4 Å². The lowest BCUT2D eigenvalue weighted by atomic mass is 9.88. The van der Waals surface area contributed by atoms with Crippen molar-refractivity contribution in [3.05, 3.63) is 53.3 Å². The van der Waals surface area contributed by atoms with Gasteiger partial charge in [-0.15, -0.1) is 0 Å². The second-order valence-corrected chi connectivity index (χ2v) is 8.25. The van der Waals surface area contributed by atoms with E-state index in [-0.39, 0.29) is 24.3 Å². The molecule has 0 bridgehead atoms. The molecular weight excluding hydrogens is 402 g/mol. The van der Waals surface area contributed by atoms with Gasteiger partial charge in [0.15, 0.2) is 0 Å². The molecule has 4 nitrogen and oxygen atoms in total. The van der Waals surface area contributed by atoms with Gasteiger partial charge in [-0.1, -0.05) is 12.1 Å². The minimum absolute atomic E-state index is 0.0956. The summed E-state index contributed by atoms with van der Waals surface area (Å²) in [7, 11) is 0. The van der Waals surface area contributed by atoms with Crippen LogP contribution in [0.25, 0.3) is 11.1 Å². The standard InChI is InChI=1S/C22H21F4NO3/c1-21(2,3)30-19(28)11-15-9-14-8-12(5-7-18(14)27-20(15)29)13-4-6-16(17(23)10-13)22(24,25)26/h4-8,10,15H,9,11H2,1-3H3,(H,27,29). The summed E-state index contributed by atoms with van der Waals surface area (Å²) >= 11 is 0. The Morgan fingerprint density at radius 3 is 2.33 bits per heavy atom. The van der Waals surface area contributed by atoms with Crippen LogP contribution in [-0.4, -0.2) is 17.5 Å².